The largest absolute Gasteiger partial charge is 0.379 e. The summed E-state index contributed by atoms with van der Waals surface area (Å²) in [5.41, 5.74) is -0.0439. The Kier molecular flexibility index (Phi) is 2.98. The number of hydrogen-bond acceptors (Lipinski definition) is 3. The molecule has 0 spiro atoms. The first-order chi connectivity index (χ1) is 8.59. The Hall–Kier alpha value is -0.810. The highest BCUT2D eigenvalue weighted by molar-refractivity contribution is 5.76. The molecule has 0 saturated carbocycles. The Balaban J connectivity index is 1.66. The van der Waals surface area contributed by atoms with Crippen LogP contribution in [0.25, 0.3) is 0 Å². The van der Waals surface area contributed by atoms with Gasteiger partial charge in [-0.15, -0.1) is 0 Å². The van der Waals surface area contributed by atoms with Gasteiger partial charge in [-0.1, -0.05) is 0 Å². The zero-order valence-corrected chi connectivity index (χ0v) is 11.2. The van der Waals surface area contributed by atoms with Gasteiger partial charge in [0.25, 0.3) is 0 Å². The third kappa shape index (κ3) is 1.89. The van der Waals surface area contributed by atoms with E-state index in [2.05, 4.69) is 24.5 Å². The summed E-state index contributed by atoms with van der Waals surface area (Å²) < 4.78 is 5.30. The Morgan fingerprint density at radius 2 is 2.28 bits per heavy atom. The van der Waals surface area contributed by atoms with Crippen molar-refractivity contribution < 1.29 is 9.53 Å². The molecule has 0 aromatic carbocycles. The van der Waals surface area contributed by atoms with Crippen molar-refractivity contribution in [3.05, 3.63) is 0 Å². The summed E-state index contributed by atoms with van der Waals surface area (Å²) in [6, 6.07) is 0.289. The minimum absolute atomic E-state index is 0.0439. The van der Waals surface area contributed by atoms with Gasteiger partial charge in [-0.3, -0.25) is 0 Å². The molecule has 3 saturated heterocycles. The topological polar surface area (TPSA) is 53.6 Å². The highest BCUT2D eigenvalue weighted by Crippen LogP contribution is 2.40. The summed E-state index contributed by atoms with van der Waals surface area (Å²) in [6.45, 7) is 8.77. The molecule has 0 aromatic heterocycles. The first kappa shape index (κ1) is 12.2. The van der Waals surface area contributed by atoms with E-state index in [1.807, 2.05) is 4.90 Å². The lowest BCUT2D eigenvalue weighted by Gasteiger charge is -2.36. The van der Waals surface area contributed by atoms with Crippen LogP contribution in [0.1, 0.15) is 20.3 Å². The third-order valence-electron chi connectivity index (χ3n) is 4.86. The highest BCUT2D eigenvalue weighted by atomic mass is 16.5. The van der Waals surface area contributed by atoms with Crippen LogP contribution in [0.5, 0.6) is 0 Å². The molecule has 5 heteroatoms. The van der Waals surface area contributed by atoms with Gasteiger partial charge in [-0.2, -0.15) is 0 Å². The maximum absolute atomic E-state index is 12.4. The monoisotopic (exact) mass is 253 g/mol. The molecule has 3 aliphatic rings. The van der Waals surface area contributed by atoms with Crippen molar-refractivity contribution in [1.82, 2.24) is 15.5 Å². The van der Waals surface area contributed by atoms with Crippen LogP contribution >= 0.6 is 0 Å². The van der Waals surface area contributed by atoms with Gasteiger partial charge in [-0.25, -0.2) is 4.79 Å². The fourth-order valence-electron chi connectivity index (χ4n) is 3.67. The molecule has 0 bridgehead atoms. The Bertz CT molecular complexity index is 339. The van der Waals surface area contributed by atoms with E-state index in [-0.39, 0.29) is 17.6 Å². The maximum atomic E-state index is 12.4. The summed E-state index contributed by atoms with van der Waals surface area (Å²) in [6.07, 6.45) is 0.939. The first-order valence-electron chi connectivity index (χ1n) is 6.95. The highest BCUT2D eigenvalue weighted by Gasteiger charge is 2.51. The minimum atomic E-state index is -0.0439. The fraction of sp³-hybridized carbons (Fsp3) is 0.923. The maximum Gasteiger partial charge on any atom is 0.318 e. The Morgan fingerprint density at radius 3 is 2.94 bits per heavy atom. The number of likely N-dealkylation sites (tertiary alicyclic amines) is 1. The van der Waals surface area contributed by atoms with Gasteiger partial charge < -0.3 is 20.3 Å². The molecule has 3 rings (SSSR count). The number of nitrogens with one attached hydrogen (secondary N) is 2. The van der Waals surface area contributed by atoms with Gasteiger partial charge in [-0.05, 0) is 32.1 Å². The van der Waals surface area contributed by atoms with Crippen LogP contribution in [0.15, 0.2) is 0 Å². The molecule has 2 amide bonds. The van der Waals surface area contributed by atoms with Crippen molar-refractivity contribution in [3.63, 3.8) is 0 Å². The van der Waals surface area contributed by atoms with E-state index in [1.54, 1.807) is 0 Å². The molecule has 2 N–H and O–H groups in total. The molecule has 3 unspecified atom stereocenters. The molecule has 18 heavy (non-hydrogen) atoms. The van der Waals surface area contributed by atoms with Gasteiger partial charge >= 0.3 is 6.03 Å². The minimum Gasteiger partial charge on any atom is -0.379 e. The van der Waals surface area contributed by atoms with Crippen LogP contribution in [-0.2, 0) is 4.74 Å². The first-order valence-corrected chi connectivity index (χ1v) is 6.95. The molecular weight excluding hydrogens is 230 g/mol. The quantitative estimate of drug-likeness (QED) is 0.712. The average molecular weight is 253 g/mol. The summed E-state index contributed by atoms with van der Waals surface area (Å²) in [5.74, 6) is 1.20. The van der Waals surface area contributed by atoms with Crippen LogP contribution in [0.2, 0.25) is 0 Å². The van der Waals surface area contributed by atoms with Crippen molar-refractivity contribution in [1.29, 1.82) is 0 Å². The Morgan fingerprint density at radius 1 is 1.44 bits per heavy atom. The predicted molar refractivity (Wildman–Crippen MR) is 68.4 cm³/mol. The van der Waals surface area contributed by atoms with Gasteiger partial charge in [0.15, 0.2) is 0 Å². The summed E-state index contributed by atoms with van der Waals surface area (Å²) in [7, 11) is 0. The van der Waals surface area contributed by atoms with Crippen molar-refractivity contribution in [2.75, 3.05) is 32.8 Å². The lowest BCUT2D eigenvalue weighted by Crippen LogP contribution is -2.53. The molecule has 3 fully saturated rings. The molecule has 3 atom stereocenters. The normalized spacial score (nSPS) is 37.9. The predicted octanol–water partition coefficient (Wildman–Crippen LogP) is 0.415. The number of fused-ring (bicyclic) bond motifs is 1. The number of carbonyl (C=O) groups excluding carboxylic acids is 1. The Labute approximate surface area is 108 Å². The number of carbonyl (C=O) groups is 1. The number of hydrogen-bond donors (Lipinski definition) is 2. The molecule has 0 aromatic rings. The van der Waals surface area contributed by atoms with Crippen LogP contribution in [0, 0.1) is 11.8 Å². The van der Waals surface area contributed by atoms with E-state index in [0.29, 0.717) is 18.4 Å². The fourth-order valence-corrected chi connectivity index (χ4v) is 3.67. The van der Waals surface area contributed by atoms with Crippen LogP contribution in [-0.4, -0.2) is 55.4 Å². The van der Waals surface area contributed by atoms with E-state index in [9.17, 15) is 4.79 Å². The van der Waals surface area contributed by atoms with Gasteiger partial charge in [0, 0.05) is 31.8 Å². The van der Waals surface area contributed by atoms with E-state index in [0.717, 1.165) is 32.7 Å². The van der Waals surface area contributed by atoms with E-state index < -0.39 is 0 Å². The SMILES string of the molecule is CC1(C)C2CNCC2CN1C(=O)NC1CCOC1. The van der Waals surface area contributed by atoms with E-state index in [4.69, 9.17) is 4.74 Å². The summed E-state index contributed by atoms with van der Waals surface area (Å²) in [4.78, 5) is 14.4. The molecule has 3 aliphatic heterocycles. The average Bonchev–Trinajstić information content (AvgIpc) is 2.98. The second-order valence-corrected chi connectivity index (χ2v) is 6.30. The van der Waals surface area contributed by atoms with Gasteiger partial charge in [0.2, 0.25) is 0 Å². The van der Waals surface area contributed by atoms with Crippen LogP contribution in [0.3, 0.4) is 0 Å². The zero-order valence-electron chi connectivity index (χ0n) is 11.2. The van der Waals surface area contributed by atoms with Crippen LogP contribution in [0.4, 0.5) is 4.79 Å². The number of amides is 2. The summed E-state index contributed by atoms with van der Waals surface area (Å²) in [5, 5.41) is 6.54. The number of ether oxygens (including phenoxy) is 1. The second kappa shape index (κ2) is 4.38. The van der Waals surface area contributed by atoms with Crippen molar-refractivity contribution in [2.45, 2.75) is 31.8 Å². The van der Waals surface area contributed by atoms with Crippen LogP contribution < -0.4 is 10.6 Å². The lowest BCUT2D eigenvalue weighted by atomic mass is 9.85. The van der Waals surface area contributed by atoms with E-state index >= 15 is 0 Å². The molecule has 5 nitrogen and oxygen atoms in total. The van der Waals surface area contributed by atoms with Crippen molar-refractivity contribution in [2.24, 2.45) is 11.8 Å². The van der Waals surface area contributed by atoms with E-state index in [1.165, 1.54) is 0 Å². The van der Waals surface area contributed by atoms with Crippen molar-refractivity contribution in [3.8, 4) is 0 Å². The number of nitrogens with zero attached hydrogens (tertiary/aromatic N) is 1. The lowest BCUT2D eigenvalue weighted by molar-refractivity contribution is 0.140. The molecule has 3 heterocycles. The second-order valence-electron chi connectivity index (χ2n) is 6.30. The molecule has 0 radical (unpaired) electrons. The molecule has 102 valence electrons. The van der Waals surface area contributed by atoms with Gasteiger partial charge in [0.05, 0.1) is 12.6 Å². The van der Waals surface area contributed by atoms with Gasteiger partial charge in [0.1, 0.15) is 0 Å². The zero-order chi connectivity index (χ0) is 12.8. The number of rotatable bonds is 1. The third-order valence-corrected chi connectivity index (χ3v) is 4.86. The smallest absolute Gasteiger partial charge is 0.318 e. The molecule has 0 aliphatic carbocycles. The number of urea groups is 1. The summed E-state index contributed by atoms with van der Waals surface area (Å²) >= 11 is 0. The van der Waals surface area contributed by atoms with Crippen molar-refractivity contribution >= 4 is 6.03 Å². The standard InChI is InChI=1S/C13H23N3O2/c1-13(2)11-6-14-5-9(11)7-16(13)12(17)15-10-3-4-18-8-10/h9-11,14H,3-8H2,1-2H3,(H,15,17). The molecular formula is C13H23N3O2.